The van der Waals surface area contributed by atoms with Crippen LogP contribution >= 0.6 is 0 Å². The van der Waals surface area contributed by atoms with Crippen molar-refractivity contribution in [2.75, 3.05) is 31.5 Å². The Morgan fingerprint density at radius 1 is 1.03 bits per heavy atom. The topological polar surface area (TPSA) is 125 Å². The third kappa shape index (κ3) is 6.16. The van der Waals surface area contributed by atoms with E-state index in [-0.39, 0.29) is 17.9 Å². The molecule has 184 valence electrons. The highest BCUT2D eigenvalue weighted by Gasteiger charge is 2.19. The molecule has 0 spiro atoms. The maximum atomic E-state index is 13.5. The van der Waals surface area contributed by atoms with Crippen molar-refractivity contribution in [3.63, 3.8) is 0 Å². The Morgan fingerprint density at radius 3 is 2.37 bits per heavy atom. The Kier molecular flexibility index (Phi) is 7.96. The van der Waals surface area contributed by atoms with Crippen LogP contribution in [-0.2, 0) is 13.0 Å². The number of aromatic nitrogens is 2. The van der Waals surface area contributed by atoms with Crippen LogP contribution in [0.1, 0.15) is 24.0 Å². The molecule has 8 nitrogen and oxygen atoms in total. The lowest BCUT2D eigenvalue weighted by molar-refractivity contribution is 0.262. The van der Waals surface area contributed by atoms with E-state index in [1.54, 1.807) is 0 Å². The molecular weight excluding hydrogens is 452 g/mol. The number of halogens is 2. The minimum Gasteiger partial charge on any atom is -0.343 e. The van der Waals surface area contributed by atoms with Gasteiger partial charge in [0.2, 0.25) is 5.95 Å². The van der Waals surface area contributed by atoms with Gasteiger partial charge in [-0.15, -0.1) is 0 Å². The molecule has 0 aliphatic carbocycles. The normalized spacial score (nSPS) is 13.9. The smallest absolute Gasteiger partial charge is 0.260 e. The Hall–Kier alpha value is -3.47. The fourth-order valence-corrected chi connectivity index (χ4v) is 4.02. The van der Waals surface area contributed by atoms with Crippen LogP contribution in [0.15, 0.2) is 52.4 Å². The van der Waals surface area contributed by atoms with E-state index in [4.69, 9.17) is 11.5 Å². The quantitative estimate of drug-likeness (QED) is 0.353. The van der Waals surface area contributed by atoms with E-state index < -0.39 is 11.6 Å². The number of hydrogen-bond donors (Lipinski definition) is 4. The third-order valence-electron chi connectivity index (χ3n) is 5.84. The van der Waals surface area contributed by atoms with E-state index in [9.17, 15) is 13.6 Å². The van der Waals surface area contributed by atoms with Crippen LogP contribution in [0.4, 0.5) is 20.4 Å². The van der Waals surface area contributed by atoms with Gasteiger partial charge >= 0.3 is 0 Å². The molecule has 2 aromatic carbocycles. The highest BCUT2D eigenvalue weighted by Crippen LogP contribution is 2.27. The Balaban J connectivity index is 1.45. The highest BCUT2D eigenvalue weighted by molar-refractivity contribution is 6.03. The molecule has 0 radical (unpaired) electrons. The number of nitrogens with two attached hydrogens (primary N) is 2. The second-order valence-corrected chi connectivity index (χ2v) is 8.49. The molecule has 35 heavy (non-hydrogen) atoms. The molecule has 0 bridgehead atoms. The van der Waals surface area contributed by atoms with Crippen molar-refractivity contribution in [1.82, 2.24) is 14.9 Å². The Labute approximate surface area is 202 Å². The Morgan fingerprint density at radius 2 is 1.71 bits per heavy atom. The first-order valence-corrected chi connectivity index (χ1v) is 11.6. The molecule has 0 saturated carbocycles. The van der Waals surface area contributed by atoms with Gasteiger partial charge in [0.05, 0.1) is 5.56 Å². The first-order chi connectivity index (χ1) is 17.0. The summed E-state index contributed by atoms with van der Waals surface area (Å²) < 4.78 is 26.9. The van der Waals surface area contributed by atoms with Crippen LogP contribution in [0.3, 0.4) is 0 Å². The number of H-pyrrole nitrogens is 1. The van der Waals surface area contributed by atoms with Gasteiger partial charge in [0.1, 0.15) is 5.84 Å². The van der Waals surface area contributed by atoms with Crippen molar-refractivity contribution in [3.05, 3.63) is 75.7 Å². The molecule has 4 rings (SSSR count). The molecule has 0 fully saturated rings. The maximum absolute atomic E-state index is 13.5. The number of aromatic amines is 1. The van der Waals surface area contributed by atoms with Gasteiger partial charge in [-0.25, -0.2) is 13.8 Å². The first-order valence-electron chi connectivity index (χ1n) is 11.6. The molecule has 0 atom stereocenters. The summed E-state index contributed by atoms with van der Waals surface area (Å²) in [5.41, 5.74) is 14.3. The number of rotatable bonds is 10. The lowest BCUT2D eigenvalue weighted by atomic mass is 10.1. The van der Waals surface area contributed by atoms with E-state index >= 15 is 0 Å². The second-order valence-electron chi connectivity index (χ2n) is 8.49. The molecule has 2 heterocycles. The maximum Gasteiger partial charge on any atom is 0.260 e. The van der Waals surface area contributed by atoms with Crippen LogP contribution in [0.5, 0.6) is 0 Å². The van der Waals surface area contributed by atoms with Crippen molar-refractivity contribution >= 4 is 17.5 Å². The molecule has 1 aromatic heterocycles. The van der Waals surface area contributed by atoms with E-state index in [1.807, 2.05) is 24.3 Å². The molecule has 3 aromatic rings. The fourth-order valence-electron chi connectivity index (χ4n) is 4.02. The predicted molar refractivity (Wildman–Crippen MR) is 134 cm³/mol. The summed E-state index contributed by atoms with van der Waals surface area (Å²) in [7, 11) is 0. The number of nitrogens with one attached hydrogen (secondary N) is 2. The van der Waals surface area contributed by atoms with Crippen molar-refractivity contribution in [1.29, 1.82) is 0 Å². The van der Waals surface area contributed by atoms with E-state index in [2.05, 4.69) is 25.2 Å². The van der Waals surface area contributed by atoms with Crippen molar-refractivity contribution in [2.24, 2.45) is 16.5 Å². The van der Waals surface area contributed by atoms with Crippen LogP contribution in [0.2, 0.25) is 0 Å². The average molecular weight is 482 g/mol. The number of anilines is 1. The Bertz CT molecular complexity index is 1220. The van der Waals surface area contributed by atoms with E-state index in [0.717, 1.165) is 55.7 Å². The molecular formula is C25H29F2N7O. The number of benzene rings is 2. The summed E-state index contributed by atoms with van der Waals surface area (Å²) in [6.45, 7) is 3.91. The van der Waals surface area contributed by atoms with Crippen molar-refractivity contribution in [3.8, 4) is 11.1 Å². The van der Waals surface area contributed by atoms with Gasteiger partial charge in [0, 0.05) is 30.9 Å². The van der Waals surface area contributed by atoms with Crippen LogP contribution < -0.4 is 22.3 Å². The van der Waals surface area contributed by atoms with Crippen molar-refractivity contribution in [2.45, 2.75) is 25.8 Å². The first kappa shape index (κ1) is 24.6. The molecule has 0 saturated heterocycles. The van der Waals surface area contributed by atoms with Gasteiger partial charge in [0.25, 0.3) is 5.56 Å². The number of hydrogen-bond acceptors (Lipinski definition) is 6. The van der Waals surface area contributed by atoms with Gasteiger partial charge in [-0.1, -0.05) is 24.3 Å². The summed E-state index contributed by atoms with van der Waals surface area (Å²) in [5, 5.41) is 2.93. The fraction of sp³-hybridized carbons (Fsp3) is 0.320. The van der Waals surface area contributed by atoms with Gasteiger partial charge in [-0.3, -0.25) is 14.7 Å². The third-order valence-corrected chi connectivity index (χ3v) is 5.84. The lowest BCUT2D eigenvalue weighted by Crippen LogP contribution is -2.28. The SMILES string of the molecule is NCCCN(CCCN)Cc1ccc(-c2cnc(N=C3Cc4cc(F)c(F)cc4N3)[nH]c2=O)cc1. The minimum absolute atomic E-state index is 0.113. The van der Waals surface area contributed by atoms with Crippen LogP contribution in [0.25, 0.3) is 11.1 Å². The standard InChI is InChI=1S/C25H29F2N7O/c26-20-11-18-12-23(31-22(18)13-21(20)27)32-25-30-14-19(24(35)33-25)17-5-3-16(4-6-17)15-34(9-1-7-28)10-2-8-29/h3-6,11,13-14H,1-2,7-10,12,15,28-29H2,(H2,30,31,32,33,35). The molecule has 6 N–H and O–H groups in total. The van der Waals surface area contributed by atoms with Crippen molar-refractivity contribution < 1.29 is 8.78 Å². The van der Waals surface area contributed by atoms with E-state index in [0.29, 0.717) is 35.7 Å². The largest absolute Gasteiger partial charge is 0.343 e. The molecule has 1 aliphatic rings. The van der Waals surface area contributed by atoms with E-state index in [1.165, 1.54) is 6.20 Å². The predicted octanol–water partition coefficient (Wildman–Crippen LogP) is 2.91. The summed E-state index contributed by atoms with van der Waals surface area (Å²) in [4.78, 5) is 26.2. The lowest BCUT2D eigenvalue weighted by Gasteiger charge is -2.22. The van der Waals surface area contributed by atoms with Gasteiger partial charge in [-0.05, 0) is 61.8 Å². The zero-order valence-corrected chi connectivity index (χ0v) is 19.4. The van der Waals surface area contributed by atoms with Crippen LogP contribution in [-0.4, -0.2) is 46.9 Å². The second kappa shape index (κ2) is 11.3. The van der Waals surface area contributed by atoms with Crippen LogP contribution in [0, 0.1) is 11.6 Å². The van der Waals surface area contributed by atoms with Gasteiger partial charge in [0.15, 0.2) is 11.6 Å². The number of amidine groups is 1. The highest BCUT2D eigenvalue weighted by atomic mass is 19.2. The summed E-state index contributed by atoms with van der Waals surface area (Å²) in [6.07, 6.45) is 3.61. The molecule has 0 amide bonds. The van der Waals surface area contributed by atoms with Gasteiger partial charge in [-0.2, -0.15) is 4.99 Å². The number of fused-ring (bicyclic) bond motifs is 1. The average Bonchev–Trinajstić information content (AvgIpc) is 3.22. The number of nitrogens with zero attached hydrogens (tertiary/aromatic N) is 3. The summed E-state index contributed by atoms with van der Waals surface area (Å²) in [6, 6.07) is 10.0. The molecule has 10 heteroatoms. The molecule has 0 unspecified atom stereocenters. The summed E-state index contributed by atoms with van der Waals surface area (Å²) in [5.74, 6) is -1.29. The monoisotopic (exact) mass is 481 g/mol. The zero-order chi connectivity index (χ0) is 24.8. The number of aliphatic imine (C=N–C) groups is 1. The zero-order valence-electron chi connectivity index (χ0n) is 19.4. The molecule has 1 aliphatic heterocycles. The minimum atomic E-state index is -0.932. The summed E-state index contributed by atoms with van der Waals surface area (Å²) >= 11 is 0. The van der Waals surface area contributed by atoms with Gasteiger partial charge < -0.3 is 16.8 Å².